The van der Waals surface area contributed by atoms with Crippen LogP contribution in [0.5, 0.6) is 0 Å². The molecule has 1 aliphatic carbocycles. The second kappa shape index (κ2) is 3.35. The SMILES string of the molecule is C=C(C)/C=C1/C=CC(=O)C(C)=C1. The van der Waals surface area contributed by atoms with Crippen molar-refractivity contribution in [2.75, 3.05) is 0 Å². The topological polar surface area (TPSA) is 17.1 Å². The summed E-state index contributed by atoms with van der Waals surface area (Å²) in [6.07, 6.45) is 7.22. The van der Waals surface area contributed by atoms with Crippen LogP contribution in [-0.2, 0) is 4.79 Å². The monoisotopic (exact) mass is 160 g/mol. The van der Waals surface area contributed by atoms with Crippen molar-refractivity contribution in [2.45, 2.75) is 13.8 Å². The lowest BCUT2D eigenvalue weighted by molar-refractivity contribution is -0.111. The van der Waals surface area contributed by atoms with Gasteiger partial charge >= 0.3 is 0 Å². The van der Waals surface area contributed by atoms with Crippen LogP contribution in [0.2, 0.25) is 0 Å². The number of carbonyl (C=O) groups is 1. The maximum absolute atomic E-state index is 11.0. The summed E-state index contributed by atoms with van der Waals surface area (Å²) >= 11 is 0. The quantitative estimate of drug-likeness (QED) is 0.576. The van der Waals surface area contributed by atoms with E-state index in [4.69, 9.17) is 0 Å². The summed E-state index contributed by atoms with van der Waals surface area (Å²) in [5, 5.41) is 0. The molecule has 1 nitrogen and oxygen atoms in total. The third-order valence-electron chi connectivity index (χ3n) is 1.61. The minimum Gasteiger partial charge on any atom is -0.290 e. The van der Waals surface area contributed by atoms with Crippen LogP contribution in [0.25, 0.3) is 0 Å². The highest BCUT2D eigenvalue weighted by Crippen LogP contribution is 2.13. The maximum atomic E-state index is 11.0. The van der Waals surface area contributed by atoms with Crippen LogP contribution in [0.1, 0.15) is 13.8 Å². The van der Waals surface area contributed by atoms with Crippen LogP contribution in [0.3, 0.4) is 0 Å². The Kier molecular flexibility index (Phi) is 2.44. The Morgan fingerprint density at radius 3 is 2.67 bits per heavy atom. The van der Waals surface area contributed by atoms with E-state index < -0.39 is 0 Å². The Bertz CT molecular complexity index is 314. The number of hydrogen-bond donors (Lipinski definition) is 0. The summed E-state index contributed by atoms with van der Waals surface area (Å²) in [4.78, 5) is 11.0. The van der Waals surface area contributed by atoms with Gasteiger partial charge in [-0.3, -0.25) is 4.79 Å². The molecule has 0 atom stereocenters. The summed E-state index contributed by atoms with van der Waals surface area (Å²) in [5.41, 5.74) is 2.82. The van der Waals surface area contributed by atoms with Gasteiger partial charge in [0.2, 0.25) is 0 Å². The van der Waals surface area contributed by atoms with Crippen molar-refractivity contribution in [1.82, 2.24) is 0 Å². The van der Waals surface area contributed by atoms with Crippen molar-refractivity contribution in [3.05, 3.63) is 47.6 Å². The van der Waals surface area contributed by atoms with Crippen molar-refractivity contribution < 1.29 is 4.79 Å². The Morgan fingerprint density at radius 2 is 2.17 bits per heavy atom. The first-order chi connectivity index (χ1) is 5.59. The molecule has 62 valence electrons. The minimum atomic E-state index is 0.0915. The molecule has 0 spiro atoms. The molecule has 0 aromatic heterocycles. The predicted octanol–water partition coefficient (Wildman–Crippen LogP) is 2.57. The van der Waals surface area contributed by atoms with Gasteiger partial charge in [0, 0.05) is 0 Å². The van der Waals surface area contributed by atoms with E-state index in [1.165, 1.54) is 0 Å². The van der Waals surface area contributed by atoms with Crippen LogP contribution in [0.4, 0.5) is 0 Å². The van der Waals surface area contributed by atoms with Gasteiger partial charge in [-0.25, -0.2) is 0 Å². The minimum absolute atomic E-state index is 0.0915. The molecule has 0 N–H and O–H groups in total. The molecule has 0 bridgehead atoms. The largest absolute Gasteiger partial charge is 0.290 e. The van der Waals surface area contributed by atoms with Gasteiger partial charge in [0.15, 0.2) is 5.78 Å². The lowest BCUT2D eigenvalue weighted by Gasteiger charge is -2.03. The van der Waals surface area contributed by atoms with E-state index in [2.05, 4.69) is 6.58 Å². The number of hydrogen-bond acceptors (Lipinski definition) is 1. The molecular formula is C11H12O. The van der Waals surface area contributed by atoms with E-state index in [0.717, 1.165) is 16.7 Å². The first-order valence-corrected chi connectivity index (χ1v) is 3.87. The molecule has 0 fully saturated rings. The fourth-order valence-corrected chi connectivity index (χ4v) is 1.05. The fraction of sp³-hybridized carbons (Fsp3) is 0.182. The highest BCUT2D eigenvalue weighted by molar-refractivity contribution is 6.05. The number of allylic oxidation sites excluding steroid dienone is 7. The summed E-state index contributed by atoms with van der Waals surface area (Å²) in [6.45, 7) is 7.52. The molecule has 0 unspecified atom stereocenters. The number of rotatable bonds is 1. The molecular weight excluding hydrogens is 148 g/mol. The van der Waals surface area contributed by atoms with Gasteiger partial charge in [0.05, 0.1) is 0 Å². The van der Waals surface area contributed by atoms with Gasteiger partial charge in [-0.2, -0.15) is 0 Å². The van der Waals surface area contributed by atoms with Crippen LogP contribution in [0, 0.1) is 0 Å². The molecule has 1 heteroatoms. The van der Waals surface area contributed by atoms with Crippen molar-refractivity contribution in [3.63, 3.8) is 0 Å². The third kappa shape index (κ3) is 2.06. The van der Waals surface area contributed by atoms with Gasteiger partial charge in [-0.15, -0.1) is 0 Å². The predicted molar refractivity (Wildman–Crippen MR) is 50.8 cm³/mol. The molecule has 0 amide bonds. The highest BCUT2D eigenvalue weighted by atomic mass is 16.1. The molecule has 0 aromatic carbocycles. The zero-order valence-electron chi connectivity index (χ0n) is 7.42. The van der Waals surface area contributed by atoms with Crippen LogP contribution in [-0.4, -0.2) is 5.78 Å². The number of ketones is 1. The second-order valence-corrected chi connectivity index (χ2v) is 3.02. The Balaban J connectivity index is 2.93. The van der Waals surface area contributed by atoms with Gasteiger partial charge < -0.3 is 0 Å². The lowest BCUT2D eigenvalue weighted by Crippen LogP contribution is -1.99. The first-order valence-electron chi connectivity index (χ1n) is 3.87. The van der Waals surface area contributed by atoms with Gasteiger partial charge in [-0.05, 0) is 37.1 Å². The van der Waals surface area contributed by atoms with Crippen LogP contribution < -0.4 is 0 Å². The molecule has 0 heterocycles. The van der Waals surface area contributed by atoms with Crippen molar-refractivity contribution in [3.8, 4) is 0 Å². The van der Waals surface area contributed by atoms with E-state index in [1.54, 1.807) is 6.08 Å². The third-order valence-corrected chi connectivity index (χ3v) is 1.61. The molecule has 12 heavy (non-hydrogen) atoms. The van der Waals surface area contributed by atoms with E-state index in [9.17, 15) is 4.79 Å². The van der Waals surface area contributed by atoms with E-state index >= 15 is 0 Å². The van der Waals surface area contributed by atoms with Gasteiger partial charge in [0.25, 0.3) is 0 Å². The lowest BCUT2D eigenvalue weighted by atomic mass is 10.0. The summed E-state index contributed by atoms with van der Waals surface area (Å²) in [5.74, 6) is 0.0915. The van der Waals surface area contributed by atoms with Gasteiger partial charge in [-0.1, -0.05) is 24.3 Å². The van der Waals surface area contributed by atoms with Gasteiger partial charge in [0.1, 0.15) is 0 Å². The van der Waals surface area contributed by atoms with Crippen LogP contribution >= 0.6 is 0 Å². The Morgan fingerprint density at radius 1 is 1.50 bits per heavy atom. The summed E-state index contributed by atoms with van der Waals surface area (Å²) in [6, 6.07) is 0. The zero-order valence-corrected chi connectivity index (χ0v) is 7.42. The van der Waals surface area contributed by atoms with Crippen molar-refractivity contribution in [1.29, 1.82) is 0 Å². The smallest absolute Gasteiger partial charge is 0.181 e. The molecule has 1 aliphatic rings. The molecule has 0 aliphatic heterocycles. The van der Waals surface area contributed by atoms with Crippen molar-refractivity contribution in [2.24, 2.45) is 0 Å². The summed E-state index contributed by atoms with van der Waals surface area (Å²) in [7, 11) is 0. The maximum Gasteiger partial charge on any atom is 0.181 e. The molecule has 0 radical (unpaired) electrons. The zero-order chi connectivity index (χ0) is 9.14. The first kappa shape index (κ1) is 8.72. The Labute approximate surface area is 72.8 Å². The average Bonchev–Trinajstić information content (AvgIpc) is 1.96. The second-order valence-electron chi connectivity index (χ2n) is 3.02. The van der Waals surface area contributed by atoms with Crippen LogP contribution in [0.15, 0.2) is 47.6 Å². The molecule has 0 aromatic rings. The van der Waals surface area contributed by atoms with E-state index in [-0.39, 0.29) is 5.78 Å². The molecule has 1 rings (SSSR count). The molecule has 0 saturated carbocycles. The van der Waals surface area contributed by atoms with Crippen molar-refractivity contribution >= 4 is 5.78 Å². The number of carbonyl (C=O) groups excluding carboxylic acids is 1. The van der Waals surface area contributed by atoms with E-state index in [1.807, 2.05) is 32.1 Å². The normalized spacial score (nSPS) is 19.7. The highest BCUT2D eigenvalue weighted by Gasteiger charge is 2.04. The average molecular weight is 160 g/mol. The Hall–Kier alpha value is -1.37. The van der Waals surface area contributed by atoms with E-state index in [0.29, 0.717) is 0 Å². The fourth-order valence-electron chi connectivity index (χ4n) is 1.05. The molecule has 0 saturated heterocycles. The summed E-state index contributed by atoms with van der Waals surface area (Å²) < 4.78 is 0. The standard InChI is InChI=1S/C11H12O/c1-8(2)6-10-4-5-11(12)9(3)7-10/h4-7H,1H2,2-3H3/b10-6-.